The molecule has 0 spiro atoms. The maximum atomic E-state index is 12.5. The van der Waals surface area contributed by atoms with E-state index in [4.69, 9.17) is 0 Å². The summed E-state index contributed by atoms with van der Waals surface area (Å²) < 4.78 is 0. The zero-order valence-corrected chi connectivity index (χ0v) is 11.3. The van der Waals surface area contributed by atoms with E-state index in [-0.39, 0.29) is 11.9 Å². The van der Waals surface area contributed by atoms with Gasteiger partial charge in [0.1, 0.15) is 5.41 Å². The summed E-state index contributed by atoms with van der Waals surface area (Å²) in [5.41, 5.74) is -0.727. The third kappa shape index (κ3) is 3.00. The molecule has 0 aliphatic heterocycles. The van der Waals surface area contributed by atoms with E-state index < -0.39 is 5.41 Å². The molecule has 0 N–H and O–H groups in total. The van der Waals surface area contributed by atoms with E-state index in [0.717, 1.165) is 44.9 Å². The van der Waals surface area contributed by atoms with Crippen molar-refractivity contribution in [1.82, 2.24) is 4.90 Å². The Morgan fingerprint density at radius 1 is 1.41 bits per heavy atom. The van der Waals surface area contributed by atoms with E-state index in [1.165, 1.54) is 0 Å². The molecule has 3 nitrogen and oxygen atoms in total. The maximum Gasteiger partial charge on any atom is 0.243 e. The van der Waals surface area contributed by atoms with Crippen LogP contribution in [0.4, 0.5) is 0 Å². The minimum Gasteiger partial charge on any atom is -0.342 e. The van der Waals surface area contributed by atoms with Gasteiger partial charge in [-0.15, -0.1) is 0 Å². The summed E-state index contributed by atoms with van der Waals surface area (Å²) in [6.07, 6.45) is 6.73. The van der Waals surface area contributed by atoms with Crippen molar-refractivity contribution in [2.24, 2.45) is 5.41 Å². The van der Waals surface area contributed by atoms with Gasteiger partial charge in [0.05, 0.1) is 6.07 Å². The van der Waals surface area contributed by atoms with Crippen molar-refractivity contribution in [3.05, 3.63) is 0 Å². The second-order valence-electron chi connectivity index (χ2n) is 5.31. The summed E-state index contributed by atoms with van der Waals surface area (Å²) in [7, 11) is 1.84. The largest absolute Gasteiger partial charge is 0.342 e. The van der Waals surface area contributed by atoms with Crippen LogP contribution in [0, 0.1) is 16.7 Å². The molecule has 0 aromatic carbocycles. The molecule has 0 aromatic rings. The Hall–Kier alpha value is -1.04. The molecule has 1 rings (SSSR count). The fourth-order valence-corrected chi connectivity index (χ4v) is 2.68. The number of nitriles is 1. The number of carbonyl (C=O) groups is 1. The molecule has 0 heterocycles. The van der Waals surface area contributed by atoms with Gasteiger partial charge in [0.2, 0.25) is 5.91 Å². The van der Waals surface area contributed by atoms with Crippen molar-refractivity contribution >= 4 is 5.91 Å². The molecule has 1 unspecified atom stereocenters. The Morgan fingerprint density at radius 2 is 2.00 bits per heavy atom. The molecular formula is C14H24N2O. The quantitative estimate of drug-likeness (QED) is 0.752. The highest BCUT2D eigenvalue weighted by Gasteiger charge is 2.42. The molecule has 0 bridgehead atoms. The van der Waals surface area contributed by atoms with Gasteiger partial charge in [0.15, 0.2) is 0 Å². The molecular weight excluding hydrogens is 212 g/mol. The first-order valence-corrected chi connectivity index (χ1v) is 6.76. The molecule has 0 radical (unpaired) electrons. The Labute approximate surface area is 105 Å². The third-order valence-corrected chi connectivity index (χ3v) is 4.02. The van der Waals surface area contributed by atoms with Crippen LogP contribution in [0.5, 0.6) is 0 Å². The standard InChI is InChI=1S/C14H24N2O/c1-4-8-12(2)16(3)13(17)14(11-15)9-6-5-7-10-14/h12H,4-10H2,1-3H3. The molecule has 0 aromatic heterocycles. The summed E-state index contributed by atoms with van der Waals surface area (Å²) in [5.74, 6) is 0.0423. The van der Waals surface area contributed by atoms with Gasteiger partial charge < -0.3 is 4.90 Å². The number of amides is 1. The van der Waals surface area contributed by atoms with Crippen molar-refractivity contribution in [3.63, 3.8) is 0 Å². The third-order valence-electron chi connectivity index (χ3n) is 4.02. The Morgan fingerprint density at radius 3 is 2.47 bits per heavy atom. The van der Waals surface area contributed by atoms with E-state index in [1.54, 1.807) is 4.90 Å². The highest BCUT2D eigenvalue weighted by atomic mass is 16.2. The minimum absolute atomic E-state index is 0.0423. The Kier molecular flexibility index (Phi) is 4.99. The normalized spacial score (nSPS) is 20.4. The van der Waals surface area contributed by atoms with E-state index in [9.17, 15) is 10.1 Å². The molecule has 17 heavy (non-hydrogen) atoms. The summed E-state index contributed by atoms with van der Waals surface area (Å²) in [5, 5.41) is 9.38. The number of carbonyl (C=O) groups excluding carboxylic acids is 1. The van der Waals surface area contributed by atoms with Crippen LogP contribution in [0.15, 0.2) is 0 Å². The van der Waals surface area contributed by atoms with Gasteiger partial charge >= 0.3 is 0 Å². The van der Waals surface area contributed by atoms with Crippen LogP contribution >= 0.6 is 0 Å². The number of hydrogen-bond donors (Lipinski definition) is 0. The molecule has 1 fully saturated rings. The Bertz CT molecular complexity index is 300. The van der Waals surface area contributed by atoms with Crippen LogP contribution in [-0.4, -0.2) is 23.9 Å². The van der Waals surface area contributed by atoms with E-state index >= 15 is 0 Å². The predicted molar refractivity (Wildman–Crippen MR) is 68.3 cm³/mol. The second-order valence-corrected chi connectivity index (χ2v) is 5.31. The van der Waals surface area contributed by atoms with Gasteiger partial charge in [0, 0.05) is 13.1 Å². The first-order chi connectivity index (χ1) is 8.07. The van der Waals surface area contributed by atoms with Crippen LogP contribution in [-0.2, 0) is 4.79 Å². The molecule has 1 aliphatic carbocycles. The van der Waals surface area contributed by atoms with Crippen LogP contribution in [0.25, 0.3) is 0 Å². The number of nitrogens with zero attached hydrogens (tertiary/aromatic N) is 2. The summed E-state index contributed by atoms with van der Waals surface area (Å²) in [6, 6.07) is 2.54. The second kappa shape index (κ2) is 6.05. The van der Waals surface area contributed by atoms with Crippen LogP contribution in [0.3, 0.4) is 0 Å². The number of rotatable bonds is 4. The van der Waals surface area contributed by atoms with E-state index in [0.29, 0.717) is 0 Å². The Balaban J connectivity index is 2.75. The topological polar surface area (TPSA) is 44.1 Å². The van der Waals surface area contributed by atoms with Gasteiger partial charge in [-0.05, 0) is 26.2 Å². The monoisotopic (exact) mass is 236 g/mol. The lowest BCUT2D eigenvalue weighted by molar-refractivity contribution is -0.141. The van der Waals surface area contributed by atoms with Gasteiger partial charge in [-0.25, -0.2) is 0 Å². The molecule has 1 amide bonds. The summed E-state index contributed by atoms with van der Waals surface area (Å²) >= 11 is 0. The highest BCUT2D eigenvalue weighted by Crippen LogP contribution is 2.37. The lowest BCUT2D eigenvalue weighted by Crippen LogP contribution is -2.46. The van der Waals surface area contributed by atoms with Gasteiger partial charge in [0.25, 0.3) is 0 Å². The van der Waals surface area contributed by atoms with Gasteiger partial charge in [-0.2, -0.15) is 5.26 Å². The highest BCUT2D eigenvalue weighted by molar-refractivity contribution is 5.85. The molecule has 0 saturated heterocycles. The van der Waals surface area contributed by atoms with Crippen molar-refractivity contribution in [2.75, 3.05) is 7.05 Å². The molecule has 1 saturated carbocycles. The first-order valence-electron chi connectivity index (χ1n) is 6.76. The zero-order chi connectivity index (χ0) is 12.9. The average molecular weight is 236 g/mol. The summed E-state index contributed by atoms with van der Waals surface area (Å²) in [6.45, 7) is 4.19. The summed E-state index contributed by atoms with van der Waals surface area (Å²) in [4.78, 5) is 14.3. The SMILES string of the molecule is CCCC(C)N(C)C(=O)C1(C#N)CCCCC1. The average Bonchev–Trinajstić information content (AvgIpc) is 2.38. The van der Waals surface area contributed by atoms with Gasteiger partial charge in [-0.3, -0.25) is 4.79 Å². The molecule has 1 aliphatic rings. The van der Waals surface area contributed by atoms with Crippen LogP contribution < -0.4 is 0 Å². The number of hydrogen-bond acceptors (Lipinski definition) is 2. The van der Waals surface area contributed by atoms with Crippen LogP contribution in [0.1, 0.15) is 58.8 Å². The van der Waals surface area contributed by atoms with Crippen molar-refractivity contribution in [3.8, 4) is 6.07 Å². The smallest absolute Gasteiger partial charge is 0.243 e. The maximum absolute atomic E-state index is 12.5. The zero-order valence-electron chi connectivity index (χ0n) is 11.3. The molecule has 1 atom stereocenters. The predicted octanol–water partition coefficient (Wildman–Crippen LogP) is 3.11. The molecule has 96 valence electrons. The van der Waals surface area contributed by atoms with E-state index in [2.05, 4.69) is 19.9 Å². The lowest BCUT2D eigenvalue weighted by atomic mass is 9.74. The van der Waals surface area contributed by atoms with Gasteiger partial charge in [-0.1, -0.05) is 32.6 Å². The van der Waals surface area contributed by atoms with Crippen molar-refractivity contribution < 1.29 is 4.79 Å². The first kappa shape index (κ1) is 14.0. The fraction of sp³-hybridized carbons (Fsp3) is 0.857. The van der Waals surface area contributed by atoms with Crippen molar-refractivity contribution in [1.29, 1.82) is 5.26 Å². The molecule has 3 heteroatoms. The van der Waals surface area contributed by atoms with Crippen LogP contribution in [0.2, 0.25) is 0 Å². The fourth-order valence-electron chi connectivity index (χ4n) is 2.68. The lowest BCUT2D eigenvalue weighted by Gasteiger charge is -2.35. The minimum atomic E-state index is -0.727. The van der Waals surface area contributed by atoms with Crippen molar-refractivity contribution in [2.45, 2.75) is 64.8 Å². The van der Waals surface area contributed by atoms with E-state index in [1.807, 2.05) is 7.05 Å².